The summed E-state index contributed by atoms with van der Waals surface area (Å²) in [6.45, 7) is 4.24. The lowest BCUT2D eigenvalue weighted by molar-refractivity contribution is -0.130. The van der Waals surface area contributed by atoms with Crippen molar-refractivity contribution in [3.8, 4) is 0 Å². The molecule has 5 heteroatoms. The van der Waals surface area contributed by atoms with Gasteiger partial charge in [0.15, 0.2) is 0 Å². The molecule has 0 aromatic carbocycles. The number of hydrogen-bond acceptors (Lipinski definition) is 4. The third-order valence-electron chi connectivity index (χ3n) is 5.89. The molecule has 0 bridgehead atoms. The fourth-order valence-corrected chi connectivity index (χ4v) is 5.52. The van der Waals surface area contributed by atoms with Crippen LogP contribution in [0.15, 0.2) is 0 Å². The van der Waals surface area contributed by atoms with E-state index < -0.39 is 0 Å². The Morgan fingerprint density at radius 2 is 1.65 bits per heavy atom. The third-order valence-corrected chi connectivity index (χ3v) is 7.24. The molecule has 0 spiro atoms. The highest BCUT2D eigenvalue weighted by Gasteiger charge is 2.29. The van der Waals surface area contributed by atoms with Crippen LogP contribution in [0.1, 0.15) is 51.4 Å². The zero-order valence-electron chi connectivity index (χ0n) is 14.5. The first-order chi connectivity index (χ1) is 11.3. The summed E-state index contributed by atoms with van der Waals surface area (Å²) in [6.07, 6.45) is 10.4. The van der Waals surface area contributed by atoms with Crippen molar-refractivity contribution in [2.75, 3.05) is 39.0 Å². The van der Waals surface area contributed by atoms with E-state index in [9.17, 15) is 4.79 Å². The molecule has 0 aromatic heterocycles. The van der Waals surface area contributed by atoms with Crippen molar-refractivity contribution in [1.29, 1.82) is 0 Å². The molecule has 23 heavy (non-hydrogen) atoms. The molecule has 2 saturated heterocycles. The minimum Gasteiger partial charge on any atom is -0.381 e. The summed E-state index contributed by atoms with van der Waals surface area (Å²) in [6, 6.07) is 0.680. The predicted molar refractivity (Wildman–Crippen MR) is 95.9 cm³/mol. The smallest absolute Gasteiger partial charge is 0.232 e. The molecule has 0 unspecified atom stereocenters. The Morgan fingerprint density at radius 1 is 1.00 bits per heavy atom. The van der Waals surface area contributed by atoms with E-state index in [1.165, 1.54) is 25.7 Å². The van der Waals surface area contributed by atoms with Crippen LogP contribution in [0.4, 0.5) is 0 Å². The Balaban J connectivity index is 1.35. The molecule has 132 valence electrons. The molecular weight excluding hydrogens is 308 g/mol. The highest BCUT2D eigenvalue weighted by Crippen LogP contribution is 2.30. The zero-order chi connectivity index (χ0) is 16.1. The number of nitrogens with zero attached hydrogens (tertiary/aromatic N) is 2. The minimum atomic E-state index is 0.374. The fraction of sp³-hybridized carbons (Fsp3) is 0.944. The van der Waals surface area contributed by atoms with Gasteiger partial charge in [-0.25, -0.2) is 0 Å². The van der Waals surface area contributed by atoms with E-state index in [4.69, 9.17) is 4.74 Å². The molecule has 1 amide bonds. The maximum absolute atomic E-state index is 12.4. The molecule has 1 aliphatic carbocycles. The molecule has 2 heterocycles. The van der Waals surface area contributed by atoms with Crippen LogP contribution in [0.25, 0.3) is 0 Å². The normalized spacial score (nSPS) is 26.0. The van der Waals surface area contributed by atoms with Crippen molar-refractivity contribution in [3.63, 3.8) is 0 Å². The second-order valence-corrected chi connectivity index (χ2v) is 8.59. The van der Waals surface area contributed by atoms with Crippen molar-refractivity contribution < 1.29 is 9.53 Å². The molecule has 4 nitrogen and oxygen atoms in total. The number of thioether (sulfide) groups is 1. The Kier molecular flexibility index (Phi) is 6.66. The first-order valence-corrected chi connectivity index (χ1v) is 10.5. The van der Waals surface area contributed by atoms with Crippen LogP contribution < -0.4 is 0 Å². The average molecular weight is 341 g/mol. The number of carbonyl (C=O) groups excluding carboxylic acids is 1. The van der Waals surface area contributed by atoms with Crippen LogP contribution >= 0.6 is 11.8 Å². The average Bonchev–Trinajstić information content (AvgIpc) is 3.13. The molecule has 1 saturated carbocycles. The topological polar surface area (TPSA) is 32.8 Å². The van der Waals surface area contributed by atoms with Crippen LogP contribution in [0.5, 0.6) is 0 Å². The van der Waals surface area contributed by atoms with E-state index >= 15 is 0 Å². The highest BCUT2D eigenvalue weighted by atomic mass is 32.2. The molecule has 0 atom stereocenters. The van der Waals surface area contributed by atoms with Gasteiger partial charge in [0, 0.05) is 44.6 Å². The third kappa shape index (κ3) is 4.86. The number of amides is 1. The number of rotatable bonds is 5. The quantitative estimate of drug-likeness (QED) is 0.770. The summed E-state index contributed by atoms with van der Waals surface area (Å²) >= 11 is 1.90. The maximum atomic E-state index is 12.4. The van der Waals surface area contributed by atoms with Crippen molar-refractivity contribution in [3.05, 3.63) is 0 Å². The van der Waals surface area contributed by atoms with Gasteiger partial charge in [0.2, 0.25) is 5.91 Å². The number of ether oxygens (including phenoxy) is 1. The van der Waals surface area contributed by atoms with E-state index in [1.807, 2.05) is 18.9 Å². The first-order valence-electron chi connectivity index (χ1n) is 9.42. The summed E-state index contributed by atoms with van der Waals surface area (Å²) < 4.78 is 5.46. The van der Waals surface area contributed by atoms with Crippen LogP contribution in [-0.4, -0.2) is 72.1 Å². The van der Waals surface area contributed by atoms with Gasteiger partial charge in [0.25, 0.3) is 0 Å². The molecular formula is C18H32N2O2S. The molecule has 3 rings (SSSR count). The SMILES string of the molecule is COC1CCN(C2CCN(C(=O)CSC3CCCC3)CC2)CC1. The second-order valence-electron chi connectivity index (χ2n) is 7.30. The molecule has 0 N–H and O–H groups in total. The van der Waals surface area contributed by atoms with Crippen LogP contribution in [0.2, 0.25) is 0 Å². The van der Waals surface area contributed by atoms with Crippen LogP contribution in [-0.2, 0) is 9.53 Å². The van der Waals surface area contributed by atoms with Gasteiger partial charge in [-0.1, -0.05) is 12.8 Å². The number of methoxy groups -OCH3 is 1. The monoisotopic (exact) mass is 340 g/mol. The lowest BCUT2D eigenvalue weighted by Gasteiger charge is -2.41. The highest BCUT2D eigenvalue weighted by molar-refractivity contribution is 8.00. The first kappa shape index (κ1) is 17.6. The van der Waals surface area contributed by atoms with Gasteiger partial charge in [0.1, 0.15) is 0 Å². The molecule has 0 radical (unpaired) electrons. The molecule has 3 aliphatic rings. The van der Waals surface area contributed by atoms with Gasteiger partial charge in [-0.15, -0.1) is 11.8 Å². The standard InChI is InChI=1S/C18H32N2O2S/c1-22-16-8-12-19(13-9-16)15-6-10-20(11-7-15)18(21)14-23-17-4-2-3-5-17/h15-17H,2-14H2,1H3. The maximum Gasteiger partial charge on any atom is 0.232 e. The summed E-state index contributed by atoms with van der Waals surface area (Å²) in [5.41, 5.74) is 0. The zero-order valence-corrected chi connectivity index (χ0v) is 15.4. The van der Waals surface area contributed by atoms with E-state index in [1.54, 1.807) is 0 Å². The lowest BCUT2D eigenvalue weighted by Crippen LogP contribution is -2.50. The largest absolute Gasteiger partial charge is 0.381 e. The minimum absolute atomic E-state index is 0.374. The van der Waals surface area contributed by atoms with Crippen molar-refractivity contribution in [1.82, 2.24) is 9.80 Å². The van der Waals surface area contributed by atoms with Crippen LogP contribution in [0.3, 0.4) is 0 Å². The van der Waals surface area contributed by atoms with E-state index in [0.29, 0.717) is 23.8 Å². The number of carbonyl (C=O) groups is 1. The summed E-state index contributed by atoms with van der Waals surface area (Å²) in [5, 5.41) is 0.749. The number of hydrogen-bond donors (Lipinski definition) is 0. The van der Waals surface area contributed by atoms with Gasteiger partial charge >= 0.3 is 0 Å². The summed E-state index contributed by atoms with van der Waals surface area (Å²) in [5.74, 6) is 1.08. The van der Waals surface area contributed by atoms with Crippen molar-refractivity contribution in [2.45, 2.75) is 68.8 Å². The fourth-order valence-electron chi connectivity index (χ4n) is 4.29. The lowest BCUT2D eigenvalue weighted by atomic mass is 9.99. The Morgan fingerprint density at radius 3 is 2.26 bits per heavy atom. The Hall–Kier alpha value is -0.260. The van der Waals surface area contributed by atoms with Crippen LogP contribution in [0, 0.1) is 0 Å². The van der Waals surface area contributed by atoms with Crippen molar-refractivity contribution >= 4 is 17.7 Å². The van der Waals surface area contributed by atoms with Gasteiger partial charge in [-0.3, -0.25) is 4.79 Å². The summed E-state index contributed by atoms with van der Waals surface area (Å²) in [7, 11) is 1.83. The molecule has 2 aliphatic heterocycles. The Bertz CT molecular complexity index is 371. The Labute approximate surface area is 145 Å². The number of piperidine rings is 2. The molecule has 3 fully saturated rings. The molecule has 0 aromatic rings. The van der Waals surface area contributed by atoms with E-state index in [-0.39, 0.29) is 0 Å². The summed E-state index contributed by atoms with van der Waals surface area (Å²) in [4.78, 5) is 17.1. The number of likely N-dealkylation sites (tertiary alicyclic amines) is 2. The van der Waals surface area contributed by atoms with E-state index in [0.717, 1.165) is 57.1 Å². The van der Waals surface area contributed by atoms with Gasteiger partial charge < -0.3 is 14.5 Å². The predicted octanol–water partition coefficient (Wildman–Crippen LogP) is 2.76. The second kappa shape index (κ2) is 8.72. The van der Waals surface area contributed by atoms with E-state index in [2.05, 4.69) is 9.80 Å². The van der Waals surface area contributed by atoms with Gasteiger partial charge in [-0.05, 0) is 38.5 Å². The van der Waals surface area contributed by atoms with Gasteiger partial charge in [-0.2, -0.15) is 0 Å². The van der Waals surface area contributed by atoms with Crippen molar-refractivity contribution in [2.24, 2.45) is 0 Å². The van der Waals surface area contributed by atoms with Gasteiger partial charge in [0.05, 0.1) is 11.9 Å².